The molecule has 0 saturated heterocycles. The SMILES string of the molecule is O=C(Nc1ccc(S(=O)(=O)Nc2ccc(Cl)cc2)cc1)c1ccc(Cl)c([N+](=O)[O-])c1. The second-order valence-corrected chi connectivity index (χ2v) is 8.54. The van der Waals surface area contributed by atoms with Gasteiger partial charge in [-0.05, 0) is 60.7 Å². The van der Waals surface area contributed by atoms with Crippen LogP contribution in [0, 0.1) is 10.1 Å². The van der Waals surface area contributed by atoms with Crippen molar-refractivity contribution < 1.29 is 18.1 Å². The molecular weight excluding hydrogens is 453 g/mol. The van der Waals surface area contributed by atoms with E-state index in [1.807, 2.05) is 0 Å². The second kappa shape index (κ2) is 8.70. The van der Waals surface area contributed by atoms with Crippen molar-refractivity contribution in [2.45, 2.75) is 4.90 Å². The van der Waals surface area contributed by atoms with Gasteiger partial charge in [0, 0.05) is 28.0 Å². The molecule has 3 aromatic rings. The molecule has 0 bridgehead atoms. The molecule has 30 heavy (non-hydrogen) atoms. The first-order valence-electron chi connectivity index (χ1n) is 8.29. The molecule has 154 valence electrons. The van der Waals surface area contributed by atoms with Gasteiger partial charge in [0.25, 0.3) is 21.6 Å². The summed E-state index contributed by atoms with van der Waals surface area (Å²) >= 11 is 11.5. The molecule has 3 rings (SSSR count). The number of hydrogen-bond donors (Lipinski definition) is 2. The molecule has 0 spiro atoms. The number of carbonyl (C=O) groups is 1. The van der Waals surface area contributed by atoms with E-state index in [2.05, 4.69) is 10.0 Å². The standard InChI is InChI=1S/C19H13Cl2N3O5S/c20-13-2-4-15(5-3-13)23-30(28,29)16-8-6-14(7-9-16)22-19(25)12-1-10-17(21)18(11-12)24(26)27/h1-11,23H,(H,22,25). The highest BCUT2D eigenvalue weighted by atomic mass is 35.5. The van der Waals surface area contributed by atoms with E-state index in [1.54, 1.807) is 12.1 Å². The third kappa shape index (κ3) is 5.07. The molecule has 3 aromatic carbocycles. The Balaban J connectivity index is 1.74. The van der Waals surface area contributed by atoms with Gasteiger partial charge in [-0.1, -0.05) is 23.2 Å². The van der Waals surface area contributed by atoms with Gasteiger partial charge in [0.15, 0.2) is 0 Å². The summed E-state index contributed by atoms with van der Waals surface area (Å²) in [5.74, 6) is -0.607. The average Bonchev–Trinajstić information content (AvgIpc) is 2.70. The first kappa shape index (κ1) is 21.6. The maximum atomic E-state index is 12.5. The molecule has 0 heterocycles. The highest BCUT2D eigenvalue weighted by Crippen LogP contribution is 2.26. The molecule has 0 radical (unpaired) electrons. The second-order valence-electron chi connectivity index (χ2n) is 6.01. The van der Waals surface area contributed by atoms with Crippen LogP contribution in [-0.2, 0) is 10.0 Å². The van der Waals surface area contributed by atoms with Crippen LogP contribution in [0.2, 0.25) is 10.0 Å². The summed E-state index contributed by atoms with van der Waals surface area (Å²) in [4.78, 5) is 22.6. The number of nitro groups is 1. The summed E-state index contributed by atoms with van der Waals surface area (Å²) in [6, 6.07) is 15.3. The van der Waals surface area contributed by atoms with E-state index in [0.29, 0.717) is 16.4 Å². The molecule has 0 aliphatic rings. The Bertz CT molecular complexity index is 1210. The lowest BCUT2D eigenvalue weighted by atomic mass is 10.2. The summed E-state index contributed by atoms with van der Waals surface area (Å²) < 4.78 is 27.4. The lowest BCUT2D eigenvalue weighted by Crippen LogP contribution is -2.14. The number of benzene rings is 3. The Hall–Kier alpha value is -3.14. The van der Waals surface area contributed by atoms with Crippen LogP contribution in [0.25, 0.3) is 0 Å². The Morgan fingerprint density at radius 3 is 2.10 bits per heavy atom. The van der Waals surface area contributed by atoms with Crippen LogP contribution in [0.5, 0.6) is 0 Å². The van der Waals surface area contributed by atoms with Crippen LogP contribution >= 0.6 is 23.2 Å². The van der Waals surface area contributed by atoms with Gasteiger partial charge in [-0.2, -0.15) is 0 Å². The predicted molar refractivity (Wildman–Crippen MR) is 115 cm³/mol. The van der Waals surface area contributed by atoms with Crippen molar-refractivity contribution >= 4 is 56.2 Å². The molecule has 8 nitrogen and oxygen atoms in total. The minimum Gasteiger partial charge on any atom is -0.322 e. The molecule has 0 aliphatic heterocycles. The van der Waals surface area contributed by atoms with E-state index >= 15 is 0 Å². The van der Waals surface area contributed by atoms with Crippen LogP contribution in [-0.4, -0.2) is 19.2 Å². The Kier molecular flexibility index (Phi) is 6.25. The molecule has 1 amide bonds. The third-order valence-electron chi connectivity index (χ3n) is 3.92. The van der Waals surface area contributed by atoms with Gasteiger partial charge in [-0.3, -0.25) is 19.6 Å². The number of halogens is 2. The van der Waals surface area contributed by atoms with E-state index < -0.39 is 20.9 Å². The number of anilines is 2. The summed E-state index contributed by atoms with van der Waals surface area (Å²) in [5.41, 5.74) is 0.301. The monoisotopic (exact) mass is 465 g/mol. The summed E-state index contributed by atoms with van der Waals surface area (Å²) in [5, 5.41) is 13.9. The van der Waals surface area contributed by atoms with Crippen molar-refractivity contribution in [2.24, 2.45) is 0 Å². The van der Waals surface area contributed by atoms with Crippen LogP contribution in [0.1, 0.15) is 10.4 Å². The fraction of sp³-hybridized carbons (Fsp3) is 0. The summed E-state index contributed by atoms with van der Waals surface area (Å²) in [7, 11) is -3.84. The molecule has 0 unspecified atom stereocenters. The van der Waals surface area contributed by atoms with Crippen molar-refractivity contribution in [2.75, 3.05) is 10.0 Å². The number of sulfonamides is 1. The fourth-order valence-corrected chi connectivity index (χ4v) is 3.82. The van der Waals surface area contributed by atoms with E-state index in [0.717, 1.165) is 6.07 Å². The van der Waals surface area contributed by atoms with Crippen molar-refractivity contribution in [3.63, 3.8) is 0 Å². The molecule has 0 atom stereocenters. The first-order valence-corrected chi connectivity index (χ1v) is 10.5. The topological polar surface area (TPSA) is 118 Å². The van der Waals surface area contributed by atoms with E-state index in [4.69, 9.17) is 23.2 Å². The molecule has 11 heteroatoms. The third-order valence-corrected chi connectivity index (χ3v) is 5.89. The number of carbonyl (C=O) groups excluding carboxylic acids is 1. The van der Waals surface area contributed by atoms with Gasteiger partial charge in [0.05, 0.1) is 9.82 Å². The first-order chi connectivity index (χ1) is 14.2. The number of nitrogens with zero attached hydrogens (tertiary/aromatic N) is 1. The normalized spacial score (nSPS) is 11.0. The van der Waals surface area contributed by atoms with Gasteiger partial charge in [0.1, 0.15) is 5.02 Å². The molecular formula is C19H13Cl2N3O5S. The average molecular weight is 466 g/mol. The molecule has 0 aliphatic carbocycles. The number of amides is 1. The van der Waals surface area contributed by atoms with Crippen molar-refractivity contribution in [3.8, 4) is 0 Å². The quantitative estimate of drug-likeness (QED) is 0.394. The van der Waals surface area contributed by atoms with E-state index in [1.165, 1.54) is 48.5 Å². The molecule has 2 N–H and O–H groups in total. The zero-order valence-corrected chi connectivity index (χ0v) is 17.3. The zero-order chi connectivity index (χ0) is 21.9. The maximum absolute atomic E-state index is 12.5. The number of hydrogen-bond acceptors (Lipinski definition) is 5. The van der Waals surface area contributed by atoms with Gasteiger partial charge in [-0.25, -0.2) is 8.42 Å². The Labute approximate surface area is 181 Å². The maximum Gasteiger partial charge on any atom is 0.288 e. The van der Waals surface area contributed by atoms with Crippen molar-refractivity contribution in [1.29, 1.82) is 0 Å². The van der Waals surface area contributed by atoms with Crippen LogP contribution in [0.15, 0.2) is 71.6 Å². The highest BCUT2D eigenvalue weighted by Gasteiger charge is 2.17. The number of nitro benzene ring substituents is 1. The molecule has 0 saturated carbocycles. The van der Waals surface area contributed by atoms with Crippen molar-refractivity contribution in [3.05, 3.63) is 92.5 Å². The van der Waals surface area contributed by atoms with Gasteiger partial charge in [0.2, 0.25) is 0 Å². The van der Waals surface area contributed by atoms with E-state index in [-0.39, 0.29) is 21.2 Å². The van der Waals surface area contributed by atoms with Gasteiger partial charge >= 0.3 is 0 Å². The van der Waals surface area contributed by atoms with Crippen LogP contribution in [0.3, 0.4) is 0 Å². The van der Waals surface area contributed by atoms with Crippen LogP contribution < -0.4 is 10.0 Å². The zero-order valence-electron chi connectivity index (χ0n) is 15.0. The van der Waals surface area contributed by atoms with Crippen molar-refractivity contribution in [1.82, 2.24) is 0 Å². The minimum atomic E-state index is -3.84. The Morgan fingerprint density at radius 1 is 0.900 bits per heavy atom. The summed E-state index contributed by atoms with van der Waals surface area (Å²) in [6.45, 7) is 0. The Morgan fingerprint density at radius 2 is 1.50 bits per heavy atom. The van der Waals surface area contributed by atoms with Crippen LogP contribution in [0.4, 0.5) is 17.1 Å². The lowest BCUT2D eigenvalue weighted by molar-refractivity contribution is -0.384. The smallest absolute Gasteiger partial charge is 0.288 e. The number of rotatable bonds is 6. The predicted octanol–water partition coefficient (Wildman–Crippen LogP) is 4.95. The largest absolute Gasteiger partial charge is 0.322 e. The lowest BCUT2D eigenvalue weighted by Gasteiger charge is -2.10. The van der Waals surface area contributed by atoms with E-state index in [9.17, 15) is 23.3 Å². The molecule has 0 fully saturated rings. The highest BCUT2D eigenvalue weighted by molar-refractivity contribution is 7.92. The van der Waals surface area contributed by atoms with Gasteiger partial charge in [-0.15, -0.1) is 0 Å². The minimum absolute atomic E-state index is 0.0161. The number of nitrogens with one attached hydrogen (secondary N) is 2. The molecule has 0 aromatic heterocycles. The van der Waals surface area contributed by atoms with Gasteiger partial charge < -0.3 is 5.32 Å². The summed E-state index contributed by atoms with van der Waals surface area (Å²) in [6.07, 6.45) is 0. The fourth-order valence-electron chi connectivity index (χ4n) is 2.45.